The smallest absolute Gasteiger partial charge is 0.265 e. The Labute approximate surface area is 79.0 Å². The van der Waals surface area contributed by atoms with Gasteiger partial charge in [-0.15, -0.1) is 0 Å². The monoisotopic (exact) mass is 200 g/mol. The highest BCUT2D eigenvalue weighted by Gasteiger charge is 2.30. The van der Waals surface area contributed by atoms with Crippen LogP contribution >= 0.6 is 0 Å². The number of rotatable bonds is 3. The maximum absolute atomic E-state index is 12.9. The Morgan fingerprint density at radius 2 is 1.69 bits per heavy atom. The number of hydrogen-bond donors (Lipinski definition) is 0. The first-order chi connectivity index (χ1) is 6.04. The van der Waals surface area contributed by atoms with Crippen molar-refractivity contribution in [3.8, 4) is 0 Å². The Bertz CT molecular complexity index is 261. The molecule has 0 aromatic heterocycles. The molecule has 0 fully saturated rings. The zero-order chi connectivity index (χ0) is 9.90. The average Bonchev–Trinajstić information content (AvgIpc) is 2.04. The molecule has 0 amide bonds. The molecule has 13 heavy (non-hydrogen) atoms. The number of hydrogen-bond acceptors (Lipinski definition) is 0. The van der Waals surface area contributed by atoms with Crippen LogP contribution in [0, 0.1) is 0 Å². The lowest BCUT2D eigenvalue weighted by molar-refractivity contribution is 0.642. The average molecular weight is 200 g/mol. The van der Waals surface area contributed by atoms with E-state index >= 15 is 0 Å². The predicted octanol–water partition coefficient (Wildman–Crippen LogP) is 2.86. The Kier molecular flexibility index (Phi) is 3.20. The summed E-state index contributed by atoms with van der Waals surface area (Å²) in [6, 6.07) is 6.75. The predicted molar refractivity (Wildman–Crippen MR) is 53.9 cm³/mol. The van der Waals surface area contributed by atoms with E-state index in [1.165, 1.54) is 0 Å². The molecule has 0 radical (unpaired) electrons. The second-order valence-electron chi connectivity index (χ2n) is 3.34. The van der Waals surface area contributed by atoms with Gasteiger partial charge in [0.05, 0.1) is 0 Å². The van der Waals surface area contributed by atoms with E-state index in [1.54, 1.807) is 12.1 Å². The molecule has 0 bridgehead atoms. The van der Waals surface area contributed by atoms with E-state index in [2.05, 4.69) is 6.92 Å². The minimum absolute atomic E-state index is 0.229. The normalized spacial score (nSPS) is 11.7. The van der Waals surface area contributed by atoms with Crippen molar-refractivity contribution in [2.75, 3.05) is 0 Å². The van der Waals surface area contributed by atoms with Gasteiger partial charge in [0, 0.05) is 5.19 Å². The molecule has 1 rings (SSSR count). The van der Waals surface area contributed by atoms with E-state index in [1.807, 2.05) is 12.1 Å². The lowest BCUT2D eigenvalue weighted by atomic mass is 10.1. The Balaban J connectivity index is 2.81. The molecule has 1 aromatic carbocycles. The fourth-order valence-electron chi connectivity index (χ4n) is 1.25. The van der Waals surface area contributed by atoms with Gasteiger partial charge in [0.1, 0.15) is 0 Å². The molecule has 0 atom stereocenters. The molecule has 0 nitrogen and oxygen atoms in total. The second kappa shape index (κ2) is 4.00. The number of benzene rings is 1. The van der Waals surface area contributed by atoms with Gasteiger partial charge in [-0.25, -0.2) is 0 Å². The molecule has 1 aromatic rings. The van der Waals surface area contributed by atoms with Crippen molar-refractivity contribution in [1.29, 1.82) is 0 Å². The molecule has 0 aliphatic heterocycles. The standard InChI is InChI=1S/C10H14F2Si/c1-3-4-9-5-7-10(8-6-9)13(2,11)12/h5-8H,3-4H2,1-2H3. The minimum Gasteiger partial charge on any atom is -0.265 e. The van der Waals surface area contributed by atoms with Crippen molar-refractivity contribution in [2.45, 2.75) is 26.3 Å². The largest absolute Gasteiger partial charge is 0.452 e. The summed E-state index contributed by atoms with van der Waals surface area (Å²) in [5.74, 6) is 0. The van der Waals surface area contributed by atoms with Crippen LogP contribution in [0.4, 0.5) is 8.22 Å². The summed E-state index contributed by atoms with van der Waals surface area (Å²) in [4.78, 5) is 0. The van der Waals surface area contributed by atoms with Gasteiger partial charge in [0.15, 0.2) is 0 Å². The lowest BCUT2D eigenvalue weighted by Gasteiger charge is -2.07. The van der Waals surface area contributed by atoms with Gasteiger partial charge >= 0.3 is 8.74 Å². The maximum atomic E-state index is 12.9. The van der Waals surface area contributed by atoms with Crippen molar-refractivity contribution in [3.05, 3.63) is 29.8 Å². The van der Waals surface area contributed by atoms with Crippen molar-refractivity contribution in [3.63, 3.8) is 0 Å². The molecule has 0 heterocycles. The molecule has 3 heteroatoms. The van der Waals surface area contributed by atoms with Crippen molar-refractivity contribution >= 4 is 13.9 Å². The van der Waals surface area contributed by atoms with Crippen molar-refractivity contribution < 1.29 is 8.22 Å². The molecule has 0 unspecified atom stereocenters. The first kappa shape index (κ1) is 10.4. The maximum Gasteiger partial charge on any atom is 0.452 e. The zero-order valence-corrected chi connectivity index (χ0v) is 8.98. The topological polar surface area (TPSA) is 0 Å². The molecule has 0 aliphatic rings. The van der Waals surface area contributed by atoms with Gasteiger partial charge in [-0.05, 0) is 18.5 Å². The summed E-state index contributed by atoms with van der Waals surface area (Å²) in [6.45, 7) is 3.14. The highest BCUT2D eigenvalue weighted by molar-refractivity contribution is 6.78. The molecule has 0 spiro atoms. The van der Waals surface area contributed by atoms with Crippen LogP contribution in [0.1, 0.15) is 18.9 Å². The van der Waals surface area contributed by atoms with E-state index < -0.39 is 8.74 Å². The zero-order valence-electron chi connectivity index (χ0n) is 7.98. The molecular weight excluding hydrogens is 186 g/mol. The van der Waals surface area contributed by atoms with E-state index in [-0.39, 0.29) is 5.19 Å². The Morgan fingerprint density at radius 1 is 1.15 bits per heavy atom. The van der Waals surface area contributed by atoms with Gasteiger partial charge in [-0.1, -0.05) is 37.6 Å². The summed E-state index contributed by atoms with van der Waals surface area (Å²) in [7, 11) is -4.08. The summed E-state index contributed by atoms with van der Waals surface area (Å²) in [5, 5.41) is 0.229. The van der Waals surface area contributed by atoms with E-state index in [0.717, 1.165) is 25.0 Å². The molecule has 0 saturated carbocycles. The highest BCUT2D eigenvalue weighted by atomic mass is 28.4. The second-order valence-corrected chi connectivity index (χ2v) is 5.69. The van der Waals surface area contributed by atoms with Gasteiger partial charge < -0.3 is 0 Å². The van der Waals surface area contributed by atoms with Crippen LogP contribution in [-0.2, 0) is 6.42 Å². The minimum atomic E-state index is -4.08. The SMILES string of the molecule is CCCc1ccc([Si](C)(F)F)cc1. The van der Waals surface area contributed by atoms with Crippen LogP contribution < -0.4 is 5.19 Å². The van der Waals surface area contributed by atoms with Crippen LogP contribution in [0.5, 0.6) is 0 Å². The molecular formula is C10H14F2Si. The molecule has 0 aliphatic carbocycles. The summed E-state index contributed by atoms with van der Waals surface area (Å²) in [5.41, 5.74) is 1.14. The summed E-state index contributed by atoms with van der Waals surface area (Å²) in [6.07, 6.45) is 2.02. The third-order valence-corrected chi connectivity index (χ3v) is 3.35. The third-order valence-electron chi connectivity index (χ3n) is 2.00. The summed E-state index contributed by atoms with van der Waals surface area (Å²) >= 11 is 0. The van der Waals surface area contributed by atoms with Crippen LogP contribution in [0.15, 0.2) is 24.3 Å². The lowest BCUT2D eigenvalue weighted by Crippen LogP contribution is -2.34. The van der Waals surface area contributed by atoms with Gasteiger partial charge in [-0.2, -0.15) is 0 Å². The Hall–Kier alpha value is -0.703. The quantitative estimate of drug-likeness (QED) is 0.520. The fourth-order valence-corrected chi connectivity index (χ4v) is 2.00. The van der Waals surface area contributed by atoms with Crippen LogP contribution in [0.2, 0.25) is 6.55 Å². The summed E-state index contributed by atoms with van der Waals surface area (Å²) < 4.78 is 25.8. The molecule has 0 N–H and O–H groups in total. The number of halogens is 2. The van der Waals surface area contributed by atoms with Crippen LogP contribution in [0.3, 0.4) is 0 Å². The van der Waals surface area contributed by atoms with Crippen molar-refractivity contribution in [1.82, 2.24) is 0 Å². The Morgan fingerprint density at radius 3 is 2.08 bits per heavy atom. The third kappa shape index (κ3) is 2.92. The highest BCUT2D eigenvalue weighted by Crippen LogP contribution is 2.08. The number of aryl methyl sites for hydroxylation is 1. The first-order valence-corrected chi connectivity index (χ1v) is 6.77. The van der Waals surface area contributed by atoms with E-state index in [4.69, 9.17) is 0 Å². The molecule has 72 valence electrons. The van der Waals surface area contributed by atoms with E-state index in [9.17, 15) is 8.22 Å². The molecule has 0 saturated heterocycles. The first-order valence-electron chi connectivity index (χ1n) is 4.51. The van der Waals surface area contributed by atoms with Crippen LogP contribution in [-0.4, -0.2) is 8.74 Å². The fraction of sp³-hybridized carbons (Fsp3) is 0.400. The van der Waals surface area contributed by atoms with E-state index in [0.29, 0.717) is 0 Å². The van der Waals surface area contributed by atoms with Gasteiger partial charge in [-0.3, -0.25) is 8.22 Å². The van der Waals surface area contributed by atoms with Crippen LogP contribution in [0.25, 0.3) is 0 Å². The van der Waals surface area contributed by atoms with Gasteiger partial charge in [0.2, 0.25) is 0 Å². The van der Waals surface area contributed by atoms with Crippen molar-refractivity contribution in [2.24, 2.45) is 0 Å². The van der Waals surface area contributed by atoms with Gasteiger partial charge in [0.25, 0.3) is 0 Å².